The zero-order valence-corrected chi connectivity index (χ0v) is 15.3. The van der Waals surface area contributed by atoms with E-state index in [1.165, 1.54) is 43.4 Å². The summed E-state index contributed by atoms with van der Waals surface area (Å²) in [6, 6.07) is 19.8. The molecule has 0 aromatic heterocycles. The molecule has 7 heteroatoms. The first-order valence-corrected chi connectivity index (χ1v) is 9.53. The molecule has 0 unspecified atom stereocenters. The average Bonchev–Trinajstić information content (AvgIpc) is 2.68. The lowest BCUT2D eigenvalue weighted by molar-refractivity contribution is 0.102. The van der Waals surface area contributed by atoms with Crippen molar-refractivity contribution in [1.82, 2.24) is 0 Å². The summed E-state index contributed by atoms with van der Waals surface area (Å²) in [5, 5.41) is 2.59. The van der Waals surface area contributed by atoms with Crippen LogP contribution in [0.15, 0.2) is 83.8 Å². The lowest BCUT2D eigenvalue weighted by Crippen LogP contribution is -2.26. The molecule has 3 aromatic rings. The Morgan fingerprint density at radius 2 is 1.63 bits per heavy atom. The van der Waals surface area contributed by atoms with Crippen molar-refractivity contribution >= 4 is 27.3 Å². The van der Waals surface area contributed by atoms with Crippen LogP contribution in [-0.2, 0) is 10.0 Å². The normalized spacial score (nSPS) is 11.0. The van der Waals surface area contributed by atoms with Gasteiger partial charge in [-0.15, -0.1) is 0 Å². The number of hydrogen-bond acceptors (Lipinski definition) is 3. The van der Waals surface area contributed by atoms with Gasteiger partial charge < -0.3 is 5.32 Å². The quantitative estimate of drug-likeness (QED) is 0.725. The number of amides is 1. The molecule has 27 heavy (non-hydrogen) atoms. The van der Waals surface area contributed by atoms with E-state index >= 15 is 0 Å². The van der Waals surface area contributed by atoms with Crippen LogP contribution in [0.4, 0.5) is 15.8 Å². The summed E-state index contributed by atoms with van der Waals surface area (Å²) in [6.45, 7) is 0. The van der Waals surface area contributed by atoms with Gasteiger partial charge in [0, 0.05) is 18.3 Å². The minimum atomic E-state index is -3.75. The van der Waals surface area contributed by atoms with Crippen molar-refractivity contribution in [2.45, 2.75) is 4.90 Å². The molecular weight excluding hydrogens is 367 g/mol. The second-order valence-electron chi connectivity index (χ2n) is 5.80. The summed E-state index contributed by atoms with van der Waals surface area (Å²) in [4.78, 5) is 12.6. The predicted molar refractivity (Wildman–Crippen MR) is 103 cm³/mol. The zero-order chi connectivity index (χ0) is 19.4. The zero-order valence-electron chi connectivity index (χ0n) is 14.5. The Morgan fingerprint density at radius 1 is 0.926 bits per heavy atom. The number of rotatable bonds is 5. The van der Waals surface area contributed by atoms with Gasteiger partial charge in [-0.2, -0.15) is 0 Å². The summed E-state index contributed by atoms with van der Waals surface area (Å²) < 4.78 is 39.8. The van der Waals surface area contributed by atoms with Gasteiger partial charge in [0.1, 0.15) is 5.82 Å². The van der Waals surface area contributed by atoms with Crippen molar-refractivity contribution in [2.75, 3.05) is 16.7 Å². The van der Waals surface area contributed by atoms with Crippen molar-refractivity contribution in [2.24, 2.45) is 0 Å². The highest BCUT2D eigenvalue weighted by Crippen LogP contribution is 2.23. The van der Waals surface area contributed by atoms with Crippen molar-refractivity contribution < 1.29 is 17.6 Å². The molecule has 3 aromatic carbocycles. The van der Waals surface area contributed by atoms with E-state index in [9.17, 15) is 17.6 Å². The second-order valence-corrected chi connectivity index (χ2v) is 7.77. The summed E-state index contributed by atoms with van der Waals surface area (Å²) in [5.41, 5.74) is 0.910. The Kier molecular flexibility index (Phi) is 5.23. The highest BCUT2D eigenvalue weighted by atomic mass is 32.2. The van der Waals surface area contributed by atoms with Crippen LogP contribution in [0.5, 0.6) is 0 Å². The van der Waals surface area contributed by atoms with Crippen molar-refractivity contribution in [3.05, 3.63) is 90.2 Å². The largest absolute Gasteiger partial charge is 0.322 e. The van der Waals surface area contributed by atoms with E-state index in [0.717, 1.165) is 4.31 Å². The van der Waals surface area contributed by atoms with Crippen molar-refractivity contribution in [3.63, 3.8) is 0 Å². The fraction of sp³-hybridized carbons (Fsp3) is 0.0500. The molecule has 0 saturated carbocycles. The third-order valence-electron chi connectivity index (χ3n) is 3.96. The SMILES string of the molecule is CN(c1cccc(C(=O)Nc2cccc(F)c2)c1)S(=O)(=O)c1ccccc1. The number of hydrogen-bond donors (Lipinski definition) is 1. The number of halogens is 1. The van der Waals surface area contributed by atoms with Crippen LogP contribution in [0.2, 0.25) is 0 Å². The smallest absolute Gasteiger partial charge is 0.264 e. The number of benzene rings is 3. The van der Waals surface area contributed by atoms with E-state index in [1.807, 2.05) is 0 Å². The monoisotopic (exact) mass is 384 g/mol. The van der Waals surface area contributed by atoms with E-state index in [0.29, 0.717) is 11.4 Å². The van der Waals surface area contributed by atoms with E-state index < -0.39 is 21.7 Å². The van der Waals surface area contributed by atoms with Crippen LogP contribution in [0.3, 0.4) is 0 Å². The van der Waals surface area contributed by atoms with Gasteiger partial charge in [-0.1, -0.05) is 30.3 Å². The minimum absolute atomic E-state index is 0.155. The van der Waals surface area contributed by atoms with Crippen LogP contribution < -0.4 is 9.62 Å². The second kappa shape index (κ2) is 7.59. The molecule has 0 heterocycles. The van der Waals surface area contributed by atoms with Gasteiger partial charge in [0.25, 0.3) is 15.9 Å². The summed E-state index contributed by atoms with van der Waals surface area (Å²) in [7, 11) is -2.32. The lowest BCUT2D eigenvalue weighted by Gasteiger charge is -2.20. The van der Waals surface area contributed by atoms with Crippen LogP contribution in [0.1, 0.15) is 10.4 Å². The Labute approximate surface area is 157 Å². The van der Waals surface area contributed by atoms with E-state index in [-0.39, 0.29) is 10.5 Å². The number of carbonyl (C=O) groups is 1. The molecule has 5 nitrogen and oxygen atoms in total. The summed E-state index contributed by atoms with van der Waals surface area (Å²) in [6.07, 6.45) is 0. The van der Waals surface area contributed by atoms with Gasteiger partial charge >= 0.3 is 0 Å². The number of nitrogens with one attached hydrogen (secondary N) is 1. The van der Waals surface area contributed by atoms with Gasteiger partial charge in [-0.25, -0.2) is 12.8 Å². The summed E-state index contributed by atoms with van der Waals surface area (Å²) >= 11 is 0. The number of sulfonamides is 1. The Morgan fingerprint density at radius 3 is 2.33 bits per heavy atom. The molecule has 0 spiro atoms. The van der Waals surface area contributed by atoms with E-state index in [1.54, 1.807) is 42.5 Å². The van der Waals surface area contributed by atoms with Crippen LogP contribution in [0.25, 0.3) is 0 Å². The Balaban J connectivity index is 1.86. The molecule has 1 N–H and O–H groups in total. The average molecular weight is 384 g/mol. The maximum Gasteiger partial charge on any atom is 0.264 e. The topological polar surface area (TPSA) is 66.5 Å². The third-order valence-corrected chi connectivity index (χ3v) is 5.76. The fourth-order valence-corrected chi connectivity index (χ4v) is 3.71. The maximum absolute atomic E-state index is 13.3. The molecule has 0 aliphatic rings. The minimum Gasteiger partial charge on any atom is -0.322 e. The first kappa shape index (κ1) is 18.6. The highest BCUT2D eigenvalue weighted by Gasteiger charge is 2.21. The molecule has 0 saturated heterocycles. The lowest BCUT2D eigenvalue weighted by atomic mass is 10.2. The molecule has 0 radical (unpaired) electrons. The van der Waals surface area contributed by atoms with Crippen LogP contribution in [-0.4, -0.2) is 21.4 Å². The van der Waals surface area contributed by atoms with Gasteiger partial charge in [0.15, 0.2) is 0 Å². The van der Waals surface area contributed by atoms with Gasteiger partial charge in [-0.05, 0) is 48.5 Å². The van der Waals surface area contributed by atoms with Gasteiger partial charge in [0.2, 0.25) is 0 Å². The summed E-state index contributed by atoms with van der Waals surface area (Å²) in [5.74, 6) is -0.928. The molecule has 0 aliphatic carbocycles. The van der Waals surface area contributed by atoms with Crippen LogP contribution in [0, 0.1) is 5.82 Å². The van der Waals surface area contributed by atoms with E-state index in [2.05, 4.69) is 5.32 Å². The molecule has 0 aliphatic heterocycles. The van der Waals surface area contributed by atoms with Crippen LogP contribution >= 0.6 is 0 Å². The first-order valence-electron chi connectivity index (χ1n) is 8.09. The first-order chi connectivity index (χ1) is 12.9. The molecular formula is C20H17FN2O3S. The Hall–Kier alpha value is -3.19. The molecule has 0 fully saturated rings. The molecule has 0 bridgehead atoms. The fourth-order valence-electron chi connectivity index (χ4n) is 2.50. The molecule has 138 valence electrons. The number of nitrogens with zero attached hydrogens (tertiary/aromatic N) is 1. The van der Waals surface area contributed by atoms with E-state index in [4.69, 9.17) is 0 Å². The molecule has 0 atom stereocenters. The Bertz CT molecular complexity index is 1070. The highest BCUT2D eigenvalue weighted by molar-refractivity contribution is 7.92. The predicted octanol–water partition coefficient (Wildman–Crippen LogP) is 3.90. The molecule has 3 rings (SSSR count). The number of anilines is 2. The number of carbonyl (C=O) groups excluding carboxylic acids is 1. The van der Waals surface area contributed by atoms with Gasteiger partial charge in [-0.3, -0.25) is 9.10 Å². The van der Waals surface area contributed by atoms with Crippen molar-refractivity contribution in [3.8, 4) is 0 Å². The third kappa shape index (κ3) is 4.15. The van der Waals surface area contributed by atoms with Crippen molar-refractivity contribution in [1.29, 1.82) is 0 Å². The molecule has 1 amide bonds. The maximum atomic E-state index is 13.3. The standard InChI is InChI=1S/C20H17FN2O3S/c1-23(27(25,26)19-11-3-2-4-12-19)18-10-5-7-15(13-18)20(24)22-17-9-6-8-16(21)14-17/h2-14H,1H3,(H,22,24). The van der Waals surface area contributed by atoms with Gasteiger partial charge in [0.05, 0.1) is 10.6 Å².